The number of alkyl halides is 3. The van der Waals surface area contributed by atoms with Crippen LogP contribution in [0.5, 0.6) is 0 Å². The quantitative estimate of drug-likeness (QED) is 0.654. The third-order valence-electron chi connectivity index (χ3n) is 1.44. The van der Waals surface area contributed by atoms with Gasteiger partial charge in [0, 0.05) is 6.20 Å². The average Bonchev–Trinajstić information content (AvgIpc) is 2.03. The lowest BCUT2D eigenvalue weighted by Crippen LogP contribution is -2.10. The van der Waals surface area contributed by atoms with Gasteiger partial charge in [0.2, 0.25) is 0 Å². The van der Waals surface area contributed by atoms with E-state index in [1.807, 2.05) is 0 Å². The molecule has 12 heavy (non-hydrogen) atoms. The van der Waals surface area contributed by atoms with Crippen molar-refractivity contribution >= 4 is 0 Å². The predicted octanol–water partition coefficient (Wildman–Crippen LogP) is 2.06. The van der Waals surface area contributed by atoms with E-state index in [4.69, 9.17) is 0 Å². The molecule has 1 rings (SSSR count). The fourth-order valence-electron chi connectivity index (χ4n) is 0.873. The summed E-state index contributed by atoms with van der Waals surface area (Å²) in [6.07, 6.45) is -2.16. The Morgan fingerprint density at radius 1 is 1.42 bits per heavy atom. The Kier molecular flexibility index (Phi) is 2.30. The van der Waals surface area contributed by atoms with Gasteiger partial charge in [-0.2, -0.15) is 13.2 Å². The lowest BCUT2D eigenvalue weighted by Gasteiger charge is -2.08. The summed E-state index contributed by atoms with van der Waals surface area (Å²) < 4.78 is 36.5. The first kappa shape index (κ1) is 8.96. The summed E-state index contributed by atoms with van der Waals surface area (Å²) in [7, 11) is 0. The Bertz CT molecular complexity index is 270. The van der Waals surface area contributed by atoms with E-state index in [2.05, 4.69) is 9.97 Å². The van der Waals surface area contributed by atoms with Crippen LogP contribution in [0.1, 0.15) is 18.2 Å². The molecule has 1 aromatic heterocycles. The first-order valence-electron chi connectivity index (χ1n) is 3.41. The van der Waals surface area contributed by atoms with Crippen LogP contribution < -0.4 is 0 Å². The normalized spacial score (nSPS) is 11.7. The van der Waals surface area contributed by atoms with Gasteiger partial charge in [0.1, 0.15) is 6.33 Å². The maximum absolute atomic E-state index is 12.2. The van der Waals surface area contributed by atoms with Crippen LogP contribution in [0, 0.1) is 0 Å². The maximum Gasteiger partial charge on any atom is 0.419 e. The van der Waals surface area contributed by atoms with Crippen LogP contribution in [0.25, 0.3) is 0 Å². The van der Waals surface area contributed by atoms with E-state index in [9.17, 15) is 13.2 Å². The van der Waals surface area contributed by atoms with Crippen molar-refractivity contribution in [1.29, 1.82) is 0 Å². The van der Waals surface area contributed by atoms with Gasteiger partial charge in [0.15, 0.2) is 0 Å². The number of rotatable bonds is 1. The molecule has 5 heteroatoms. The summed E-state index contributed by atoms with van der Waals surface area (Å²) in [6.45, 7) is 1.62. The summed E-state index contributed by atoms with van der Waals surface area (Å²) in [4.78, 5) is 6.86. The van der Waals surface area contributed by atoms with Crippen LogP contribution in [0.4, 0.5) is 13.2 Å². The first-order valence-corrected chi connectivity index (χ1v) is 3.41. The number of aromatic nitrogens is 2. The standard InChI is InChI=1S/C7H7F3N2/c1-2-6-5(7(8,9)10)3-11-4-12-6/h3-4H,2H2,1H3. The van der Waals surface area contributed by atoms with E-state index in [0.29, 0.717) is 0 Å². The zero-order valence-electron chi connectivity index (χ0n) is 6.39. The minimum absolute atomic E-state index is 0.0394. The highest BCUT2D eigenvalue weighted by Gasteiger charge is 2.33. The maximum atomic E-state index is 12.2. The molecular formula is C7H7F3N2. The molecule has 0 unspecified atom stereocenters. The van der Waals surface area contributed by atoms with Crippen molar-refractivity contribution in [2.24, 2.45) is 0 Å². The molecule has 66 valence electrons. The highest BCUT2D eigenvalue weighted by Crippen LogP contribution is 2.30. The highest BCUT2D eigenvalue weighted by atomic mass is 19.4. The van der Waals surface area contributed by atoms with Crippen molar-refractivity contribution in [3.05, 3.63) is 23.8 Å². The summed E-state index contributed by atoms with van der Waals surface area (Å²) in [5, 5.41) is 0. The molecule has 0 saturated heterocycles. The zero-order valence-corrected chi connectivity index (χ0v) is 6.39. The molecule has 0 N–H and O–H groups in total. The van der Waals surface area contributed by atoms with Gasteiger partial charge in [-0.05, 0) is 6.42 Å². The van der Waals surface area contributed by atoms with Crippen LogP contribution >= 0.6 is 0 Å². The molecule has 0 spiro atoms. The van der Waals surface area contributed by atoms with Crippen LogP contribution in [0.2, 0.25) is 0 Å². The zero-order chi connectivity index (χ0) is 9.19. The van der Waals surface area contributed by atoms with Crippen molar-refractivity contribution < 1.29 is 13.2 Å². The molecule has 0 fully saturated rings. The van der Waals surface area contributed by atoms with E-state index in [0.717, 1.165) is 12.5 Å². The molecule has 0 aliphatic heterocycles. The SMILES string of the molecule is CCc1ncncc1C(F)(F)F. The third-order valence-corrected chi connectivity index (χ3v) is 1.44. The van der Waals surface area contributed by atoms with Crippen molar-refractivity contribution in [3.63, 3.8) is 0 Å². The monoisotopic (exact) mass is 176 g/mol. The molecule has 0 atom stereocenters. The second kappa shape index (κ2) is 3.08. The fraction of sp³-hybridized carbons (Fsp3) is 0.429. The van der Waals surface area contributed by atoms with Gasteiger partial charge < -0.3 is 0 Å². The third kappa shape index (κ3) is 1.72. The van der Waals surface area contributed by atoms with Gasteiger partial charge in [0.05, 0.1) is 11.3 Å². The molecule has 0 amide bonds. The number of nitrogens with zero attached hydrogens (tertiary/aromatic N) is 2. The number of hydrogen-bond donors (Lipinski definition) is 0. The molecule has 1 heterocycles. The van der Waals surface area contributed by atoms with Crippen molar-refractivity contribution in [2.45, 2.75) is 19.5 Å². The molecule has 0 aromatic carbocycles. The topological polar surface area (TPSA) is 25.8 Å². The van der Waals surface area contributed by atoms with E-state index in [-0.39, 0.29) is 12.1 Å². The Hall–Kier alpha value is -1.13. The number of halogens is 3. The summed E-state index contributed by atoms with van der Waals surface area (Å²) in [6, 6.07) is 0. The van der Waals surface area contributed by atoms with Crippen LogP contribution in [-0.4, -0.2) is 9.97 Å². The summed E-state index contributed by atoms with van der Waals surface area (Å²) in [5.41, 5.74) is -0.704. The summed E-state index contributed by atoms with van der Waals surface area (Å²) >= 11 is 0. The van der Waals surface area contributed by atoms with Gasteiger partial charge >= 0.3 is 6.18 Å². The van der Waals surface area contributed by atoms with E-state index < -0.39 is 11.7 Å². The summed E-state index contributed by atoms with van der Waals surface area (Å²) in [5.74, 6) is 0. The van der Waals surface area contributed by atoms with E-state index in [1.54, 1.807) is 6.92 Å². The Morgan fingerprint density at radius 2 is 2.08 bits per heavy atom. The van der Waals surface area contributed by atoms with Crippen LogP contribution in [-0.2, 0) is 12.6 Å². The van der Waals surface area contributed by atoms with Crippen molar-refractivity contribution in [1.82, 2.24) is 9.97 Å². The van der Waals surface area contributed by atoms with E-state index in [1.165, 1.54) is 0 Å². The molecule has 2 nitrogen and oxygen atoms in total. The predicted molar refractivity (Wildman–Crippen MR) is 36.4 cm³/mol. The minimum atomic E-state index is -4.34. The van der Waals surface area contributed by atoms with E-state index >= 15 is 0 Å². The average molecular weight is 176 g/mol. The lowest BCUT2D eigenvalue weighted by molar-refractivity contribution is -0.138. The molecule has 1 aromatic rings. The second-order valence-corrected chi connectivity index (χ2v) is 2.23. The second-order valence-electron chi connectivity index (χ2n) is 2.23. The molecule has 0 aliphatic rings. The van der Waals surface area contributed by atoms with Gasteiger partial charge in [-0.3, -0.25) is 0 Å². The highest BCUT2D eigenvalue weighted by molar-refractivity contribution is 5.19. The Labute approximate surface area is 67.5 Å². The van der Waals surface area contributed by atoms with Crippen molar-refractivity contribution in [3.8, 4) is 0 Å². The van der Waals surface area contributed by atoms with Crippen LogP contribution in [0.15, 0.2) is 12.5 Å². The van der Waals surface area contributed by atoms with Crippen LogP contribution in [0.3, 0.4) is 0 Å². The van der Waals surface area contributed by atoms with Gasteiger partial charge in [0.25, 0.3) is 0 Å². The molecule has 0 bridgehead atoms. The largest absolute Gasteiger partial charge is 0.419 e. The molecule has 0 radical (unpaired) electrons. The smallest absolute Gasteiger partial charge is 0.244 e. The molecule has 0 aliphatic carbocycles. The van der Waals surface area contributed by atoms with Gasteiger partial charge in [-0.1, -0.05) is 6.92 Å². The van der Waals surface area contributed by atoms with Gasteiger partial charge in [-0.15, -0.1) is 0 Å². The van der Waals surface area contributed by atoms with Crippen molar-refractivity contribution in [2.75, 3.05) is 0 Å². The molecule has 0 saturated carbocycles. The Balaban J connectivity index is 3.14. The number of aryl methyl sites for hydroxylation is 1. The lowest BCUT2D eigenvalue weighted by atomic mass is 10.2. The minimum Gasteiger partial charge on any atom is -0.244 e. The van der Waals surface area contributed by atoms with Gasteiger partial charge in [-0.25, -0.2) is 9.97 Å². The molecular weight excluding hydrogens is 169 g/mol. The Morgan fingerprint density at radius 3 is 2.50 bits per heavy atom. The number of hydrogen-bond acceptors (Lipinski definition) is 2. The first-order chi connectivity index (χ1) is 5.55. The fourth-order valence-corrected chi connectivity index (χ4v) is 0.873.